The zero-order valence-electron chi connectivity index (χ0n) is 17.4. The molecule has 1 atom stereocenters. The second-order valence-corrected chi connectivity index (χ2v) is 10.3. The molecule has 5 nitrogen and oxygen atoms in total. The van der Waals surface area contributed by atoms with Crippen molar-refractivity contribution in [3.8, 4) is 0 Å². The van der Waals surface area contributed by atoms with Crippen LogP contribution in [0, 0.1) is 0 Å². The molecule has 1 N–H and O–H groups in total. The molecule has 4 rings (SSSR count). The number of thioether (sulfide) groups is 2. The van der Waals surface area contributed by atoms with Crippen molar-refractivity contribution in [2.24, 2.45) is 0 Å². The first-order valence-electron chi connectivity index (χ1n) is 9.95. The number of carbonyl (C=O) groups excluding carboxylic acids is 1. The zero-order valence-corrected chi connectivity index (χ0v) is 19.8. The lowest BCUT2D eigenvalue weighted by atomic mass is 9.90. The number of rotatable bonds is 7. The Labute approximate surface area is 189 Å². The van der Waals surface area contributed by atoms with Crippen molar-refractivity contribution >= 4 is 51.0 Å². The van der Waals surface area contributed by atoms with Crippen LogP contribution in [0.15, 0.2) is 40.5 Å². The van der Waals surface area contributed by atoms with Crippen LogP contribution in [0.2, 0.25) is 0 Å². The summed E-state index contributed by atoms with van der Waals surface area (Å²) in [5.74, 6) is 0.339. The fourth-order valence-electron chi connectivity index (χ4n) is 3.42. The third-order valence-electron chi connectivity index (χ3n) is 5.39. The Morgan fingerprint density at radius 3 is 2.83 bits per heavy atom. The van der Waals surface area contributed by atoms with Crippen LogP contribution in [0.4, 0.5) is 0 Å². The number of amides is 1. The number of fused-ring (bicyclic) bond motifs is 3. The molecule has 0 saturated heterocycles. The summed E-state index contributed by atoms with van der Waals surface area (Å²) in [5, 5.41) is 5.75. The van der Waals surface area contributed by atoms with E-state index in [4.69, 9.17) is 14.7 Å². The van der Waals surface area contributed by atoms with Crippen LogP contribution in [-0.4, -0.2) is 33.5 Å². The van der Waals surface area contributed by atoms with Gasteiger partial charge < -0.3 is 10.1 Å². The second-order valence-electron chi connectivity index (χ2n) is 7.52. The highest BCUT2D eigenvalue weighted by atomic mass is 32.2. The Kier molecular flexibility index (Phi) is 6.67. The molecular formula is C22H25N3O2S3. The van der Waals surface area contributed by atoms with Crippen LogP contribution in [0.1, 0.15) is 36.3 Å². The fourth-order valence-corrected chi connectivity index (χ4v) is 5.96. The Balaban J connectivity index is 1.55. The van der Waals surface area contributed by atoms with Crippen LogP contribution >= 0.6 is 34.9 Å². The fraction of sp³-hybridized carbons (Fsp3) is 0.409. The molecule has 1 aromatic carbocycles. The largest absolute Gasteiger partial charge is 0.369 e. The van der Waals surface area contributed by atoms with E-state index in [0.29, 0.717) is 18.9 Å². The van der Waals surface area contributed by atoms with Gasteiger partial charge in [-0.2, -0.15) is 0 Å². The topological polar surface area (TPSA) is 64.1 Å². The van der Waals surface area contributed by atoms with E-state index >= 15 is 0 Å². The number of aromatic nitrogens is 2. The maximum Gasteiger partial charge on any atom is 0.230 e. The normalized spacial score (nSPS) is 18.4. The lowest BCUT2D eigenvalue weighted by molar-refractivity contribution is -0.118. The van der Waals surface area contributed by atoms with E-state index in [1.807, 2.05) is 36.6 Å². The van der Waals surface area contributed by atoms with Gasteiger partial charge in [0.1, 0.15) is 9.86 Å². The van der Waals surface area contributed by atoms with Gasteiger partial charge in [0, 0.05) is 23.2 Å². The van der Waals surface area contributed by atoms with E-state index in [1.165, 1.54) is 34.0 Å². The summed E-state index contributed by atoms with van der Waals surface area (Å²) in [5.41, 5.74) is 2.23. The molecule has 1 aliphatic rings. The van der Waals surface area contributed by atoms with Crippen LogP contribution in [0.3, 0.4) is 0 Å². The van der Waals surface area contributed by atoms with Crippen LogP contribution in [-0.2, 0) is 29.1 Å². The summed E-state index contributed by atoms with van der Waals surface area (Å²) in [4.78, 5) is 24.2. The van der Waals surface area contributed by atoms with Gasteiger partial charge in [-0.15, -0.1) is 11.3 Å². The lowest BCUT2D eigenvalue weighted by Crippen LogP contribution is -2.33. The number of nitrogens with one attached hydrogen (secondary N) is 1. The monoisotopic (exact) mass is 459 g/mol. The molecule has 3 aromatic rings. The third-order valence-corrected chi connectivity index (χ3v) is 8.01. The molecule has 0 radical (unpaired) electrons. The smallest absolute Gasteiger partial charge is 0.230 e. The van der Waals surface area contributed by atoms with E-state index < -0.39 is 0 Å². The second kappa shape index (κ2) is 9.26. The summed E-state index contributed by atoms with van der Waals surface area (Å²) in [6.07, 6.45) is 3.79. The van der Waals surface area contributed by atoms with Crippen molar-refractivity contribution in [2.75, 3.05) is 12.0 Å². The zero-order chi connectivity index (χ0) is 21.1. The van der Waals surface area contributed by atoms with Crippen molar-refractivity contribution in [3.05, 3.63) is 46.3 Å². The van der Waals surface area contributed by atoms with Crippen molar-refractivity contribution < 1.29 is 9.53 Å². The molecule has 1 aliphatic heterocycles. The van der Waals surface area contributed by atoms with Crippen molar-refractivity contribution in [2.45, 2.75) is 55.6 Å². The van der Waals surface area contributed by atoms with Gasteiger partial charge in [0.15, 0.2) is 5.16 Å². The molecule has 0 saturated carbocycles. The van der Waals surface area contributed by atoms with Gasteiger partial charge in [-0.25, -0.2) is 9.97 Å². The summed E-state index contributed by atoms with van der Waals surface area (Å²) in [7, 11) is 0. The maximum atomic E-state index is 12.5. The first-order valence-corrected chi connectivity index (χ1v) is 13.0. The number of carbonyl (C=O) groups is 1. The molecule has 8 heteroatoms. The van der Waals surface area contributed by atoms with Gasteiger partial charge >= 0.3 is 0 Å². The Morgan fingerprint density at radius 1 is 1.30 bits per heavy atom. The van der Waals surface area contributed by atoms with Gasteiger partial charge in [0.25, 0.3) is 0 Å². The molecule has 0 spiro atoms. The average Bonchev–Trinajstić information content (AvgIpc) is 3.14. The quantitative estimate of drug-likeness (QED) is 0.303. The van der Waals surface area contributed by atoms with Crippen LogP contribution in [0.5, 0.6) is 0 Å². The highest BCUT2D eigenvalue weighted by molar-refractivity contribution is 8.00. The predicted octanol–water partition coefficient (Wildman–Crippen LogP) is 5.06. The van der Waals surface area contributed by atoms with Gasteiger partial charge in [0.05, 0.1) is 18.0 Å². The third kappa shape index (κ3) is 4.66. The summed E-state index contributed by atoms with van der Waals surface area (Å²) in [6.45, 7) is 5.49. The van der Waals surface area contributed by atoms with E-state index in [1.54, 1.807) is 11.3 Å². The van der Waals surface area contributed by atoms with Gasteiger partial charge in [-0.05, 0) is 30.7 Å². The molecule has 30 heavy (non-hydrogen) atoms. The molecule has 0 fully saturated rings. The average molecular weight is 460 g/mol. The summed E-state index contributed by atoms with van der Waals surface area (Å²) < 4.78 is 6.13. The standard InChI is InChI=1S/C22H25N3O2S3/c1-4-22(2)10-15-16(12-27-22)30-20-18(15)19(24-21(25-20)28-3)29-13-17(26)23-11-14-8-6-5-7-9-14/h5-9H,4,10-13H2,1-3H3,(H,23,26)/t22-/m0/s1. The first kappa shape index (κ1) is 21.6. The Bertz CT molecular complexity index is 1050. The number of nitrogens with zero attached hydrogens (tertiary/aromatic N) is 2. The molecule has 3 heterocycles. The van der Waals surface area contributed by atoms with Crippen molar-refractivity contribution in [3.63, 3.8) is 0 Å². The predicted molar refractivity (Wildman–Crippen MR) is 125 cm³/mol. The summed E-state index contributed by atoms with van der Waals surface area (Å²) in [6, 6.07) is 9.95. The highest BCUT2D eigenvalue weighted by Crippen LogP contribution is 2.43. The molecule has 0 bridgehead atoms. The van der Waals surface area contributed by atoms with Gasteiger partial charge in [0.2, 0.25) is 5.91 Å². The minimum Gasteiger partial charge on any atom is -0.369 e. The molecule has 0 aliphatic carbocycles. The lowest BCUT2D eigenvalue weighted by Gasteiger charge is -2.33. The van der Waals surface area contributed by atoms with Crippen molar-refractivity contribution in [1.82, 2.24) is 15.3 Å². The molecular weight excluding hydrogens is 434 g/mol. The SMILES string of the molecule is CC[C@@]1(C)Cc2c(sc3nc(SC)nc(SCC(=O)NCc4ccccc4)c23)CO1. The van der Waals surface area contributed by atoms with Gasteiger partial charge in [-0.3, -0.25) is 4.79 Å². The Hall–Kier alpha value is -1.61. The van der Waals surface area contributed by atoms with E-state index in [-0.39, 0.29) is 11.5 Å². The molecule has 1 amide bonds. The van der Waals surface area contributed by atoms with E-state index in [0.717, 1.165) is 38.8 Å². The van der Waals surface area contributed by atoms with Gasteiger partial charge in [-0.1, -0.05) is 60.8 Å². The molecule has 0 unspecified atom stereocenters. The summed E-state index contributed by atoms with van der Waals surface area (Å²) >= 11 is 4.72. The number of thiophene rings is 1. The number of hydrogen-bond donors (Lipinski definition) is 1. The molecule has 2 aromatic heterocycles. The van der Waals surface area contributed by atoms with Crippen LogP contribution in [0.25, 0.3) is 10.2 Å². The number of benzene rings is 1. The number of hydrogen-bond acceptors (Lipinski definition) is 7. The Morgan fingerprint density at radius 2 is 2.10 bits per heavy atom. The van der Waals surface area contributed by atoms with E-state index in [9.17, 15) is 4.79 Å². The van der Waals surface area contributed by atoms with Crippen molar-refractivity contribution in [1.29, 1.82) is 0 Å². The maximum absolute atomic E-state index is 12.5. The minimum absolute atomic E-state index is 0.00661. The minimum atomic E-state index is -0.159. The first-order chi connectivity index (χ1) is 14.5. The number of ether oxygens (including phenoxy) is 1. The molecule has 158 valence electrons. The van der Waals surface area contributed by atoms with Crippen LogP contribution < -0.4 is 5.32 Å². The highest BCUT2D eigenvalue weighted by Gasteiger charge is 2.33. The van der Waals surface area contributed by atoms with E-state index in [2.05, 4.69) is 19.2 Å².